The average molecular weight is 511 g/mol. The van der Waals surface area contributed by atoms with Crippen molar-refractivity contribution in [2.45, 2.75) is 37.9 Å². The third-order valence-electron chi connectivity index (χ3n) is 5.42. The number of aliphatic imine (C=N–C) groups is 1. The summed E-state index contributed by atoms with van der Waals surface area (Å²) >= 11 is 0. The molecular formula is C22H34IN5O. The Kier molecular flexibility index (Phi) is 9.96. The molecule has 2 aromatic rings. The number of nitrogens with zero attached hydrogens (tertiary/aromatic N) is 2. The Morgan fingerprint density at radius 3 is 2.45 bits per heavy atom. The number of ether oxygens (including phenoxy) is 1. The van der Waals surface area contributed by atoms with Gasteiger partial charge >= 0.3 is 0 Å². The number of hydrogen-bond donors (Lipinski definition) is 3. The molecule has 1 saturated heterocycles. The van der Waals surface area contributed by atoms with Crippen molar-refractivity contribution in [3.63, 3.8) is 0 Å². The van der Waals surface area contributed by atoms with Crippen molar-refractivity contribution in [3.8, 4) is 0 Å². The lowest BCUT2D eigenvalue weighted by atomic mass is 9.88. The molecule has 0 spiro atoms. The van der Waals surface area contributed by atoms with E-state index in [2.05, 4.69) is 75.2 Å². The molecule has 1 atom stereocenters. The number of rotatable bonds is 8. The zero-order valence-corrected chi connectivity index (χ0v) is 19.8. The molecule has 2 heterocycles. The summed E-state index contributed by atoms with van der Waals surface area (Å²) in [6.07, 6.45) is 6.11. The molecule has 160 valence electrons. The fourth-order valence-corrected chi connectivity index (χ4v) is 3.71. The largest absolute Gasteiger partial charge is 0.381 e. The van der Waals surface area contributed by atoms with Crippen LogP contribution >= 0.6 is 24.0 Å². The third-order valence-corrected chi connectivity index (χ3v) is 5.42. The zero-order valence-electron chi connectivity index (χ0n) is 17.4. The smallest absolute Gasteiger partial charge is 0.191 e. The van der Waals surface area contributed by atoms with Crippen LogP contribution in [0.4, 0.5) is 0 Å². The number of halogens is 1. The molecule has 0 saturated carbocycles. The highest BCUT2D eigenvalue weighted by molar-refractivity contribution is 14.0. The first kappa shape index (κ1) is 23.7. The average Bonchev–Trinajstić information content (AvgIpc) is 3.25. The second kappa shape index (κ2) is 12.2. The molecule has 1 fully saturated rings. The van der Waals surface area contributed by atoms with Gasteiger partial charge in [0.2, 0.25) is 0 Å². The highest BCUT2D eigenvalue weighted by Crippen LogP contribution is 2.25. The van der Waals surface area contributed by atoms with E-state index in [4.69, 9.17) is 4.74 Å². The van der Waals surface area contributed by atoms with Crippen LogP contribution in [-0.4, -0.2) is 49.4 Å². The van der Waals surface area contributed by atoms with Gasteiger partial charge in [-0.25, -0.2) is 0 Å². The fourth-order valence-electron chi connectivity index (χ4n) is 3.71. The highest BCUT2D eigenvalue weighted by atomic mass is 127. The lowest BCUT2D eigenvalue weighted by Crippen LogP contribution is -2.58. The van der Waals surface area contributed by atoms with E-state index in [0.717, 1.165) is 51.6 Å². The van der Waals surface area contributed by atoms with Gasteiger partial charge in [-0.3, -0.25) is 4.99 Å². The van der Waals surface area contributed by atoms with Crippen LogP contribution in [0.5, 0.6) is 0 Å². The molecule has 1 aromatic carbocycles. The van der Waals surface area contributed by atoms with Gasteiger partial charge in [-0.15, -0.1) is 24.0 Å². The van der Waals surface area contributed by atoms with Crippen molar-refractivity contribution in [2.75, 3.05) is 33.4 Å². The van der Waals surface area contributed by atoms with Gasteiger partial charge < -0.3 is 25.3 Å². The predicted molar refractivity (Wildman–Crippen MR) is 130 cm³/mol. The molecule has 0 amide bonds. The SMILES string of the molecule is CN=C(NCCn1cccc1)NCC1(NC(C)c2ccccc2)CCOCC1.I. The van der Waals surface area contributed by atoms with Gasteiger partial charge in [0, 0.05) is 63.9 Å². The molecule has 3 N–H and O–H groups in total. The Hall–Kier alpha value is -1.58. The van der Waals surface area contributed by atoms with Crippen LogP contribution in [0.2, 0.25) is 0 Å². The fraction of sp³-hybridized carbons (Fsp3) is 0.500. The number of benzene rings is 1. The van der Waals surface area contributed by atoms with E-state index in [1.165, 1.54) is 5.56 Å². The Balaban J connectivity index is 0.00000300. The van der Waals surface area contributed by atoms with Crippen molar-refractivity contribution in [3.05, 3.63) is 60.4 Å². The van der Waals surface area contributed by atoms with E-state index in [-0.39, 0.29) is 35.6 Å². The standard InChI is InChI=1S/C22H33N5O.HI/c1-19(20-8-4-3-5-9-20)26-22(10-16-28-17-11-22)18-25-21(23-2)24-12-15-27-13-6-7-14-27;/h3-9,13-14,19,26H,10-12,15-18H2,1-2H3,(H2,23,24,25);1H. The quantitative estimate of drug-likeness (QED) is 0.290. The summed E-state index contributed by atoms with van der Waals surface area (Å²) < 4.78 is 7.79. The Bertz CT molecular complexity index is 714. The normalized spacial score (nSPS) is 17.2. The van der Waals surface area contributed by atoms with Gasteiger partial charge in [-0.2, -0.15) is 0 Å². The van der Waals surface area contributed by atoms with Crippen molar-refractivity contribution >= 4 is 29.9 Å². The molecule has 6 nitrogen and oxygen atoms in total. The van der Waals surface area contributed by atoms with E-state index in [0.29, 0.717) is 0 Å². The predicted octanol–water partition coefficient (Wildman–Crippen LogP) is 3.17. The van der Waals surface area contributed by atoms with Crippen LogP contribution in [0.15, 0.2) is 59.9 Å². The number of guanidine groups is 1. The molecule has 3 rings (SSSR count). The molecule has 1 unspecified atom stereocenters. The Labute approximate surface area is 191 Å². The van der Waals surface area contributed by atoms with Crippen LogP contribution in [0.25, 0.3) is 0 Å². The Morgan fingerprint density at radius 1 is 1.10 bits per heavy atom. The second-order valence-electron chi connectivity index (χ2n) is 7.44. The first-order chi connectivity index (χ1) is 13.7. The van der Waals surface area contributed by atoms with Gasteiger partial charge in [-0.05, 0) is 37.5 Å². The lowest BCUT2D eigenvalue weighted by Gasteiger charge is -2.41. The molecular weight excluding hydrogens is 477 g/mol. The van der Waals surface area contributed by atoms with Gasteiger partial charge in [0.15, 0.2) is 5.96 Å². The minimum absolute atomic E-state index is 0. The van der Waals surface area contributed by atoms with Gasteiger partial charge in [-0.1, -0.05) is 30.3 Å². The maximum atomic E-state index is 5.64. The molecule has 0 aliphatic carbocycles. The second-order valence-corrected chi connectivity index (χ2v) is 7.44. The summed E-state index contributed by atoms with van der Waals surface area (Å²) in [6, 6.07) is 15.0. The molecule has 7 heteroatoms. The van der Waals surface area contributed by atoms with Gasteiger partial charge in [0.1, 0.15) is 0 Å². The topological polar surface area (TPSA) is 62.6 Å². The summed E-state index contributed by atoms with van der Waals surface area (Å²) in [7, 11) is 1.82. The van der Waals surface area contributed by atoms with Crippen LogP contribution in [0.1, 0.15) is 31.4 Å². The number of aromatic nitrogens is 1. The van der Waals surface area contributed by atoms with Gasteiger partial charge in [0.05, 0.1) is 0 Å². The number of nitrogens with one attached hydrogen (secondary N) is 3. The summed E-state index contributed by atoms with van der Waals surface area (Å²) in [5, 5.41) is 10.8. The summed E-state index contributed by atoms with van der Waals surface area (Å²) in [4.78, 5) is 4.39. The molecule has 0 radical (unpaired) electrons. The van der Waals surface area contributed by atoms with Crippen molar-refractivity contribution < 1.29 is 4.74 Å². The minimum atomic E-state index is -0.00838. The van der Waals surface area contributed by atoms with E-state index in [1.54, 1.807) is 0 Å². The van der Waals surface area contributed by atoms with E-state index >= 15 is 0 Å². The van der Waals surface area contributed by atoms with Crippen molar-refractivity contribution in [2.24, 2.45) is 4.99 Å². The molecule has 29 heavy (non-hydrogen) atoms. The monoisotopic (exact) mass is 511 g/mol. The zero-order chi connectivity index (χ0) is 19.7. The van der Waals surface area contributed by atoms with Gasteiger partial charge in [0.25, 0.3) is 0 Å². The Morgan fingerprint density at radius 2 is 1.79 bits per heavy atom. The summed E-state index contributed by atoms with van der Waals surface area (Å²) in [5.74, 6) is 0.840. The van der Waals surface area contributed by atoms with Crippen LogP contribution in [-0.2, 0) is 11.3 Å². The first-order valence-corrected chi connectivity index (χ1v) is 10.2. The summed E-state index contributed by atoms with van der Waals surface area (Å²) in [6.45, 7) is 6.37. The molecule has 1 aliphatic heterocycles. The molecule has 0 bridgehead atoms. The summed E-state index contributed by atoms with van der Waals surface area (Å²) in [5.41, 5.74) is 1.30. The number of hydrogen-bond acceptors (Lipinski definition) is 3. The molecule has 1 aliphatic rings. The van der Waals surface area contributed by atoms with Crippen LogP contribution in [0, 0.1) is 0 Å². The maximum absolute atomic E-state index is 5.64. The van der Waals surface area contributed by atoms with E-state index in [1.807, 2.05) is 19.2 Å². The van der Waals surface area contributed by atoms with E-state index in [9.17, 15) is 0 Å². The van der Waals surface area contributed by atoms with E-state index < -0.39 is 0 Å². The lowest BCUT2D eigenvalue weighted by molar-refractivity contribution is 0.0355. The van der Waals surface area contributed by atoms with Crippen LogP contribution < -0.4 is 16.0 Å². The highest BCUT2D eigenvalue weighted by Gasteiger charge is 2.34. The minimum Gasteiger partial charge on any atom is -0.381 e. The molecule has 1 aromatic heterocycles. The maximum Gasteiger partial charge on any atom is 0.191 e. The first-order valence-electron chi connectivity index (χ1n) is 10.2. The van der Waals surface area contributed by atoms with Crippen molar-refractivity contribution in [1.82, 2.24) is 20.5 Å². The van der Waals surface area contributed by atoms with Crippen molar-refractivity contribution in [1.29, 1.82) is 0 Å². The van der Waals surface area contributed by atoms with Crippen LogP contribution in [0.3, 0.4) is 0 Å². The third kappa shape index (κ3) is 7.31.